The van der Waals surface area contributed by atoms with E-state index in [1.807, 2.05) is 66.7 Å². The van der Waals surface area contributed by atoms with Crippen molar-refractivity contribution in [2.45, 2.75) is 70.7 Å². The van der Waals surface area contributed by atoms with Crippen LogP contribution >= 0.6 is 0 Å². The molecule has 3 aromatic rings. The summed E-state index contributed by atoms with van der Waals surface area (Å²) in [6.45, 7) is 5.06. The van der Waals surface area contributed by atoms with Gasteiger partial charge >= 0.3 is 5.97 Å². The summed E-state index contributed by atoms with van der Waals surface area (Å²) in [6, 6.07) is 25.0. The van der Waals surface area contributed by atoms with Crippen LogP contribution in [0.15, 0.2) is 83.9 Å². The summed E-state index contributed by atoms with van der Waals surface area (Å²) in [5.74, 6) is 0.621. The van der Waals surface area contributed by atoms with Crippen LogP contribution in [0.2, 0.25) is 0 Å². The van der Waals surface area contributed by atoms with Gasteiger partial charge in [-0.15, -0.1) is 0 Å². The van der Waals surface area contributed by atoms with Gasteiger partial charge in [0, 0.05) is 17.7 Å². The van der Waals surface area contributed by atoms with Crippen LogP contribution in [0.3, 0.4) is 0 Å². The zero-order valence-electron chi connectivity index (χ0n) is 25.9. The molecule has 8 nitrogen and oxygen atoms in total. The van der Waals surface area contributed by atoms with E-state index in [2.05, 4.69) is 24.1 Å². The number of hydrogen-bond acceptors (Lipinski definition) is 5. The monoisotopic (exact) mass is 607 g/mol. The number of aliphatic carboxylic acids is 1. The van der Waals surface area contributed by atoms with Gasteiger partial charge in [0.05, 0.1) is 12.5 Å². The van der Waals surface area contributed by atoms with E-state index in [1.165, 1.54) is 0 Å². The minimum Gasteiger partial charge on any atom is -0.489 e. The van der Waals surface area contributed by atoms with Gasteiger partial charge < -0.3 is 20.1 Å². The van der Waals surface area contributed by atoms with Gasteiger partial charge in [-0.3, -0.25) is 19.4 Å². The molecule has 0 saturated heterocycles. The van der Waals surface area contributed by atoms with Crippen LogP contribution in [0.5, 0.6) is 5.75 Å². The third-order valence-corrected chi connectivity index (χ3v) is 9.21. The van der Waals surface area contributed by atoms with Crippen LogP contribution in [0.4, 0.5) is 0 Å². The van der Waals surface area contributed by atoms with Crippen LogP contribution in [0, 0.1) is 17.8 Å². The van der Waals surface area contributed by atoms with Gasteiger partial charge in [-0.2, -0.15) is 0 Å². The van der Waals surface area contributed by atoms with E-state index < -0.39 is 11.6 Å². The van der Waals surface area contributed by atoms with Crippen LogP contribution in [0.1, 0.15) is 85.5 Å². The van der Waals surface area contributed by atoms with E-state index in [1.54, 1.807) is 12.1 Å². The van der Waals surface area contributed by atoms with Gasteiger partial charge in [0.2, 0.25) is 0 Å². The first-order valence-corrected chi connectivity index (χ1v) is 16.0. The zero-order valence-corrected chi connectivity index (χ0v) is 25.9. The highest BCUT2D eigenvalue weighted by molar-refractivity contribution is 6.46. The highest BCUT2D eigenvalue weighted by atomic mass is 16.5. The number of benzene rings is 3. The van der Waals surface area contributed by atoms with E-state index in [-0.39, 0.29) is 30.8 Å². The van der Waals surface area contributed by atoms with Gasteiger partial charge in [-0.1, -0.05) is 56.3 Å². The van der Waals surface area contributed by atoms with Crippen LogP contribution in [0.25, 0.3) is 0 Å². The number of nitrogens with one attached hydrogen (secondary N) is 1. The summed E-state index contributed by atoms with van der Waals surface area (Å²) in [5.41, 5.74) is 3.24. The standard InChI is InChI=1S/C37H41N3O5/c1-24-20-25(2)22-37(21-24)39-33(27-14-16-31(17-15-27)45-23-26-6-4-3-5-7-26)36(44)40(37)34(28-8-9-28)29-10-12-30(13-11-29)35(43)38-19-18-32(41)42/h3-7,10-17,24-25,28,34H,8-9,18-23H2,1-2H3,(H,38,43)(H,41,42). The molecule has 2 amide bonds. The average Bonchev–Trinajstić information content (AvgIpc) is 3.83. The van der Waals surface area contributed by atoms with Crippen molar-refractivity contribution >= 4 is 23.5 Å². The average molecular weight is 608 g/mol. The van der Waals surface area contributed by atoms with Gasteiger partial charge in [0.1, 0.15) is 23.7 Å². The Labute approximate surface area is 264 Å². The molecule has 3 atom stereocenters. The number of aliphatic imine (C=N–C) groups is 1. The number of carboxylic acid groups (broad SMARTS) is 1. The molecule has 3 aromatic carbocycles. The Balaban J connectivity index is 1.27. The molecular formula is C37H41N3O5. The fraction of sp³-hybridized carbons (Fsp3) is 0.405. The maximum atomic E-state index is 14.5. The van der Waals surface area contributed by atoms with E-state index >= 15 is 0 Å². The third-order valence-electron chi connectivity index (χ3n) is 9.21. The van der Waals surface area contributed by atoms with Crippen LogP contribution < -0.4 is 10.1 Å². The second-order valence-corrected chi connectivity index (χ2v) is 13.1. The fourth-order valence-electron chi connectivity index (χ4n) is 7.24. The highest BCUT2D eigenvalue weighted by Crippen LogP contribution is 2.53. The molecule has 45 heavy (non-hydrogen) atoms. The first-order chi connectivity index (χ1) is 21.7. The SMILES string of the molecule is CC1CC(C)CC2(C1)N=C(c1ccc(OCc3ccccc3)cc1)C(=O)N2C(c1ccc(C(=O)NCCC(=O)O)cc1)C1CC1. The van der Waals surface area contributed by atoms with Crippen molar-refractivity contribution in [1.82, 2.24) is 10.2 Å². The summed E-state index contributed by atoms with van der Waals surface area (Å²) in [4.78, 5) is 45.4. The van der Waals surface area contributed by atoms with E-state index in [4.69, 9.17) is 14.8 Å². The summed E-state index contributed by atoms with van der Waals surface area (Å²) in [5, 5.41) is 11.5. The van der Waals surface area contributed by atoms with Gasteiger partial charge in [-0.05, 0) is 97.4 Å². The number of amides is 2. The second-order valence-electron chi connectivity index (χ2n) is 13.1. The normalized spacial score (nSPS) is 23.5. The van der Waals surface area contributed by atoms with E-state index in [0.717, 1.165) is 54.5 Å². The quantitative estimate of drug-likeness (QED) is 0.262. The molecule has 2 N–H and O–H groups in total. The molecule has 2 aliphatic carbocycles. The Morgan fingerprint density at radius 2 is 1.64 bits per heavy atom. The van der Waals surface area contributed by atoms with Gasteiger partial charge in [-0.25, -0.2) is 0 Å². The number of carbonyl (C=O) groups is 3. The Kier molecular flexibility index (Phi) is 8.74. The number of rotatable bonds is 11. The van der Waals surface area contributed by atoms with Crippen molar-refractivity contribution in [2.24, 2.45) is 22.7 Å². The molecular weight excluding hydrogens is 566 g/mol. The molecule has 1 heterocycles. The Morgan fingerprint density at radius 3 is 2.27 bits per heavy atom. The molecule has 3 aliphatic rings. The Hall–Kier alpha value is -4.46. The predicted molar refractivity (Wildman–Crippen MR) is 172 cm³/mol. The molecule has 3 unspecified atom stereocenters. The fourth-order valence-corrected chi connectivity index (χ4v) is 7.24. The third kappa shape index (κ3) is 6.80. The minimum absolute atomic E-state index is 0.0401. The van der Waals surface area contributed by atoms with Crippen LogP contribution in [-0.4, -0.2) is 45.7 Å². The molecule has 1 aliphatic heterocycles. The number of hydrogen-bond donors (Lipinski definition) is 2. The molecule has 8 heteroatoms. The van der Waals surface area contributed by atoms with Crippen molar-refractivity contribution < 1.29 is 24.2 Å². The first-order valence-electron chi connectivity index (χ1n) is 16.0. The maximum Gasteiger partial charge on any atom is 0.305 e. The van der Waals surface area contributed by atoms with Crippen molar-refractivity contribution in [2.75, 3.05) is 6.54 Å². The highest BCUT2D eigenvalue weighted by Gasteiger charge is 2.55. The van der Waals surface area contributed by atoms with E-state index in [0.29, 0.717) is 35.6 Å². The number of carbonyl (C=O) groups excluding carboxylic acids is 2. The molecule has 6 rings (SSSR count). The number of nitrogens with zero attached hydrogens (tertiary/aromatic N) is 2. The largest absolute Gasteiger partial charge is 0.489 e. The lowest BCUT2D eigenvalue weighted by molar-refractivity contribution is -0.137. The lowest BCUT2D eigenvalue weighted by atomic mass is 9.75. The Bertz CT molecular complexity index is 1550. The molecule has 2 fully saturated rings. The van der Waals surface area contributed by atoms with Crippen molar-refractivity contribution in [1.29, 1.82) is 0 Å². The molecule has 0 bridgehead atoms. The van der Waals surface area contributed by atoms with Crippen molar-refractivity contribution in [3.8, 4) is 5.75 Å². The first kappa shape index (κ1) is 30.6. The maximum absolute atomic E-state index is 14.5. The van der Waals surface area contributed by atoms with Crippen molar-refractivity contribution in [3.63, 3.8) is 0 Å². The molecule has 2 saturated carbocycles. The molecule has 0 radical (unpaired) electrons. The van der Waals surface area contributed by atoms with Gasteiger partial charge in [0.15, 0.2) is 0 Å². The summed E-state index contributed by atoms with van der Waals surface area (Å²) < 4.78 is 6.00. The minimum atomic E-state index is -0.956. The van der Waals surface area contributed by atoms with Crippen molar-refractivity contribution in [3.05, 3.63) is 101 Å². The lowest BCUT2D eigenvalue weighted by Crippen LogP contribution is -2.53. The molecule has 0 aromatic heterocycles. The zero-order chi connectivity index (χ0) is 31.6. The second kappa shape index (κ2) is 12.9. The predicted octanol–water partition coefficient (Wildman–Crippen LogP) is 6.41. The van der Waals surface area contributed by atoms with Gasteiger partial charge in [0.25, 0.3) is 11.8 Å². The smallest absolute Gasteiger partial charge is 0.305 e. The van der Waals surface area contributed by atoms with Crippen LogP contribution in [-0.2, 0) is 16.2 Å². The molecule has 1 spiro atoms. The topological polar surface area (TPSA) is 108 Å². The van der Waals surface area contributed by atoms with E-state index in [9.17, 15) is 14.4 Å². The number of ether oxygens (including phenoxy) is 1. The summed E-state index contributed by atoms with van der Waals surface area (Å²) >= 11 is 0. The number of carboxylic acids is 1. The summed E-state index contributed by atoms with van der Waals surface area (Å²) in [6.07, 6.45) is 4.69. The molecule has 234 valence electrons. The summed E-state index contributed by atoms with van der Waals surface area (Å²) in [7, 11) is 0. The lowest BCUT2D eigenvalue weighted by Gasteiger charge is -2.47. The Morgan fingerprint density at radius 1 is 0.978 bits per heavy atom.